The number of rotatable bonds is 5. The molecule has 1 fully saturated rings. The van der Waals surface area contributed by atoms with Crippen molar-refractivity contribution in [3.05, 3.63) is 66.5 Å². The van der Waals surface area contributed by atoms with Gasteiger partial charge in [0.1, 0.15) is 24.6 Å². The zero-order valence-corrected chi connectivity index (χ0v) is 18.2. The largest absolute Gasteiger partial charge is 0.394 e. The molecule has 10 heteroatoms. The molecule has 174 valence electrons. The zero-order valence-electron chi connectivity index (χ0n) is 18.2. The summed E-state index contributed by atoms with van der Waals surface area (Å²) in [6.07, 6.45) is -2.09. The van der Waals surface area contributed by atoms with E-state index in [0.29, 0.717) is 22.9 Å². The number of aliphatic hydroxyl groups excluding tert-OH is 3. The van der Waals surface area contributed by atoms with Gasteiger partial charge in [0, 0.05) is 17.9 Å². The van der Waals surface area contributed by atoms with Crippen LogP contribution in [-0.2, 0) is 11.2 Å². The van der Waals surface area contributed by atoms with Crippen molar-refractivity contribution < 1.29 is 20.1 Å². The van der Waals surface area contributed by atoms with E-state index in [1.165, 1.54) is 11.9 Å². The van der Waals surface area contributed by atoms with Gasteiger partial charge in [-0.25, -0.2) is 15.0 Å². The lowest BCUT2D eigenvalue weighted by Gasteiger charge is -2.20. The normalized spacial score (nSPS) is 24.0. The van der Waals surface area contributed by atoms with E-state index in [0.717, 1.165) is 24.3 Å². The molecule has 0 radical (unpaired) electrons. The molecular weight excluding hydrogens is 436 g/mol. The van der Waals surface area contributed by atoms with Crippen molar-refractivity contribution in [3.8, 4) is 0 Å². The molecule has 10 nitrogen and oxygen atoms in total. The standard InChI is InChI=1S/C24H24N6O4/c31-12-17-19(32)20(33)23(34-17)30-22-18(28-24(30)27-15-7-2-1-3-8-15)21(25-13-26-22)29-11-10-14-6-4-5-9-16(14)29/h1-9,13,17,19-20,23,31-33H,10-12H2,(H,27,28)/t17-,19-,20-,23-/m1/s1. The Bertz CT molecular complexity index is 1330. The van der Waals surface area contributed by atoms with Gasteiger partial charge in [-0.1, -0.05) is 36.4 Å². The second kappa shape index (κ2) is 8.33. The van der Waals surface area contributed by atoms with Crippen molar-refractivity contribution in [2.45, 2.75) is 31.0 Å². The van der Waals surface area contributed by atoms with Crippen LogP contribution in [0.1, 0.15) is 11.8 Å². The summed E-state index contributed by atoms with van der Waals surface area (Å²) in [6.45, 7) is 0.335. The molecule has 6 rings (SSSR count). The molecule has 0 spiro atoms. The average molecular weight is 460 g/mol. The molecule has 0 unspecified atom stereocenters. The predicted molar refractivity (Wildman–Crippen MR) is 125 cm³/mol. The van der Waals surface area contributed by atoms with Gasteiger partial charge in [-0.3, -0.25) is 4.57 Å². The van der Waals surface area contributed by atoms with Crippen LogP contribution in [0.3, 0.4) is 0 Å². The summed E-state index contributed by atoms with van der Waals surface area (Å²) in [5.41, 5.74) is 4.08. The van der Waals surface area contributed by atoms with Crippen molar-refractivity contribution in [2.24, 2.45) is 0 Å². The summed E-state index contributed by atoms with van der Waals surface area (Å²) in [7, 11) is 0. The van der Waals surface area contributed by atoms with E-state index >= 15 is 0 Å². The Morgan fingerprint density at radius 1 is 1.00 bits per heavy atom. The van der Waals surface area contributed by atoms with Crippen LogP contribution >= 0.6 is 0 Å². The van der Waals surface area contributed by atoms with Gasteiger partial charge in [0.05, 0.1) is 6.61 Å². The Kier molecular flexibility index (Phi) is 5.15. The number of nitrogens with one attached hydrogen (secondary N) is 1. The molecule has 2 aliphatic heterocycles. The molecule has 0 saturated carbocycles. The van der Waals surface area contributed by atoms with Gasteiger partial charge < -0.3 is 30.3 Å². The van der Waals surface area contributed by atoms with Gasteiger partial charge >= 0.3 is 0 Å². The number of imidazole rings is 1. The van der Waals surface area contributed by atoms with E-state index in [4.69, 9.17) is 9.72 Å². The van der Waals surface area contributed by atoms with Crippen molar-refractivity contribution >= 4 is 34.3 Å². The van der Waals surface area contributed by atoms with Crippen molar-refractivity contribution in [1.82, 2.24) is 19.5 Å². The summed E-state index contributed by atoms with van der Waals surface area (Å²) in [5, 5.41) is 34.0. The minimum Gasteiger partial charge on any atom is -0.394 e. The van der Waals surface area contributed by atoms with Crippen LogP contribution in [0, 0.1) is 0 Å². The first-order valence-corrected chi connectivity index (χ1v) is 11.2. The van der Waals surface area contributed by atoms with Crippen LogP contribution in [0.2, 0.25) is 0 Å². The highest BCUT2D eigenvalue weighted by molar-refractivity contribution is 5.89. The third-order valence-corrected chi connectivity index (χ3v) is 6.40. The monoisotopic (exact) mass is 460 g/mol. The quantitative estimate of drug-likeness (QED) is 0.353. The van der Waals surface area contributed by atoms with Gasteiger partial charge in [-0.2, -0.15) is 0 Å². The van der Waals surface area contributed by atoms with Gasteiger partial charge in [-0.05, 0) is 30.2 Å². The smallest absolute Gasteiger partial charge is 0.212 e. The Hall–Kier alpha value is -3.57. The number of anilines is 4. The number of aromatic nitrogens is 4. The van der Waals surface area contributed by atoms with Crippen LogP contribution in [0.5, 0.6) is 0 Å². The van der Waals surface area contributed by atoms with Crippen LogP contribution in [0.25, 0.3) is 11.2 Å². The Morgan fingerprint density at radius 3 is 2.59 bits per heavy atom. The molecule has 1 saturated heterocycles. The van der Waals surface area contributed by atoms with Crippen LogP contribution in [-0.4, -0.2) is 66.3 Å². The molecule has 2 aliphatic rings. The van der Waals surface area contributed by atoms with E-state index in [1.807, 2.05) is 42.5 Å². The molecular formula is C24H24N6O4. The number of ether oxygens (including phenoxy) is 1. The Balaban J connectivity index is 1.51. The highest BCUT2D eigenvalue weighted by Crippen LogP contribution is 2.40. The van der Waals surface area contributed by atoms with E-state index in [-0.39, 0.29) is 0 Å². The zero-order chi connectivity index (χ0) is 23.2. The second-order valence-corrected chi connectivity index (χ2v) is 8.43. The van der Waals surface area contributed by atoms with Crippen LogP contribution in [0.15, 0.2) is 60.9 Å². The SMILES string of the molecule is OC[C@H]1O[C@@H](n2c(Nc3ccccc3)nc3c(N4CCc5ccccc54)ncnc32)[C@H](O)[C@@H]1O. The average Bonchev–Trinajstić information content (AvgIpc) is 3.53. The lowest BCUT2D eigenvalue weighted by atomic mass is 10.1. The predicted octanol–water partition coefficient (Wildman–Crippen LogP) is 1.88. The Morgan fingerprint density at radius 2 is 1.79 bits per heavy atom. The first-order valence-electron chi connectivity index (χ1n) is 11.2. The lowest BCUT2D eigenvalue weighted by Crippen LogP contribution is -2.33. The topological polar surface area (TPSA) is 129 Å². The molecule has 34 heavy (non-hydrogen) atoms. The van der Waals surface area contributed by atoms with E-state index in [2.05, 4.69) is 32.3 Å². The van der Waals surface area contributed by atoms with Gasteiger partial charge in [-0.15, -0.1) is 0 Å². The maximum absolute atomic E-state index is 10.8. The van der Waals surface area contributed by atoms with Crippen molar-refractivity contribution in [2.75, 3.05) is 23.4 Å². The number of hydrogen-bond donors (Lipinski definition) is 4. The van der Waals surface area contributed by atoms with Crippen molar-refractivity contribution in [3.63, 3.8) is 0 Å². The van der Waals surface area contributed by atoms with Gasteiger partial charge in [0.25, 0.3) is 0 Å². The fourth-order valence-electron chi connectivity index (χ4n) is 4.73. The fraction of sp³-hybridized carbons (Fsp3) is 0.292. The highest BCUT2D eigenvalue weighted by Gasteiger charge is 2.45. The number of hydrogen-bond acceptors (Lipinski definition) is 9. The minimum absolute atomic E-state index is 0.380. The first-order chi connectivity index (χ1) is 16.7. The molecule has 4 aromatic rings. The number of benzene rings is 2. The molecule has 4 atom stereocenters. The maximum atomic E-state index is 10.8. The van der Waals surface area contributed by atoms with Gasteiger partial charge in [0.2, 0.25) is 5.95 Å². The summed E-state index contributed by atoms with van der Waals surface area (Å²) in [6, 6.07) is 17.7. The van der Waals surface area contributed by atoms with E-state index in [9.17, 15) is 15.3 Å². The first kappa shape index (κ1) is 21.0. The summed E-state index contributed by atoms with van der Waals surface area (Å²) in [4.78, 5) is 16.0. The minimum atomic E-state index is -1.28. The van der Waals surface area contributed by atoms with Crippen molar-refractivity contribution in [1.29, 1.82) is 0 Å². The number of aliphatic hydroxyl groups is 3. The molecule has 4 heterocycles. The molecule has 0 amide bonds. The number of nitrogens with zero attached hydrogens (tertiary/aromatic N) is 5. The lowest BCUT2D eigenvalue weighted by molar-refractivity contribution is -0.0501. The molecule has 2 aromatic carbocycles. The van der Waals surface area contributed by atoms with Gasteiger partial charge in [0.15, 0.2) is 23.2 Å². The summed E-state index contributed by atoms with van der Waals surface area (Å²) >= 11 is 0. The molecule has 4 N–H and O–H groups in total. The molecule has 2 aromatic heterocycles. The number of fused-ring (bicyclic) bond motifs is 2. The van der Waals surface area contributed by atoms with Crippen LogP contribution in [0.4, 0.5) is 23.1 Å². The maximum Gasteiger partial charge on any atom is 0.212 e. The Labute approximate surface area is 195 Å². The van der Waals surface area contributed by atoms with E-state index < -0.39 is 31.1 Å². The summed E-state index contributed by atoms with van der Waals surface area (Å²) < 4.78 is 7.47. The fourth-order valence-corrected chi connectivity index (χ4v) is 4.73. The van der Waals surface area contributed by atoms with E-state index in [1.54, 1.807) is 4.57 Å². The van der Waals surface area contributed by atoms with Crippen LogP contribution < -0.4 is 10.2 Å². The molecule has 0 aliphatic carbocycles. The third-order valence-electron chi connectivity index (χ3n) is 6.40. The molecule has 0 bridgehead atoms. The third kappa shape index (κ3) is 3.31. The highest BCUT2D eigenvalue weighted by atomic mass is 16.6. The summed E-state index contributed by atoms with van der Waals surface area (Å²) in [5.74, 6) is 1.03. The number of para-hydroxylation sites is 2. The second-order valence-electron chi connectivity index (χ2n) is 8.43.